The lowest BCUT2D eigenvalue weighted by Crippen LogP contribution is -2.11. The van der Waals surface area contributed by atoms with Gasteiger partial charge in [-0.05, 0) is 24.3 Å². The third-order valence-corrected chi connectivity index (χ3v) is 3.19. The Balaban J connectivity index is 1.83. The van der Waals surface area contributed by atoms with Crippen LogP contribution in [0.25, 0.3) is 0 Å². The van der Waals surface area contributed by atoms with Gasteiger partial charge in [0.15, 0.2) is 0 Å². The van der Waals surface area contributed by atoms with Crippen LogP contribution in [0.1, 0.15) is 0 Å². The van der Waals surface area contributed by atoms with E-state index >= 15 is 0 Å². The second-order valence-electron chi connectivity index (χ2n) is 4.65. The molecular formula is C17H16N4. The highest BCUT2D eigenvalue weighted by Crippen LogP contribution is 2.23. The Bertz CT molecular complexity index is 698. The Morgan fingerprint density at radius 3 is 2.24 bits per heavy atom. The van der Waals surface area contributed by atoms with Crippen molar-refractivity contribution in [2.75, 3.05) is 17.3 Å². The van der Waals surface area contributed by atoms with Crippen molar-refractivity contribution in [3.8, 4) is 0 Å². The summed E-state index contributed by atoms with van der Waals surface area (Å²) in [6.07, 6.45) is 1.57. The molecule has 0 bridgehead atoms. The van der Waals surface area contributed by atoms with Crippen molar-refractivity contribution in [2.45, 2.75) is 0 Å². The molecule has 0 aliphatic rings. The molecule has 1 heterocycles. The van der Waals surface area contributed by atoms with E-state index in [2.05, 4.69) is 15.3 Å². The van der Waals surface area contributed by atoms with Crippen molar-refractivity contribution in [3.05, 3.63) is 73.1 Å². The number of hydrogen-bond acceptors (Lipinski definition) is 4. The van der Waals surface area contributed by atoms with Crippen molar-refractivity contribution in [3.63, 3.8) is 0 Å². The molecule has 0 fully saturated rings. The maximum absolute atomic E-state index is 4.33. The van der Waals surface area contributed by atoms with E-state index in [0.717, 1.165) is 23.0 Å². The number of nitrogens with zero attached hydrogens (tertiary/aromatic N) is 3. The minimum Gasteiger partial charge on any atom is -0.340 e. The van der Waals surface area contributed by atoms with Crippen molar-refractivity contribution >= 4 is 23.0 Å². The molecule has 0 saturated heterocycles. The summed E-state index contributed by atoms with van der Waals surface area (Å²) in [6.45, 7) is 0. The maximum Gasteiger partial charge on any atom is 0.138 e. The molecule has 0 unspecified atom stereocenters. The molecule has 4 nitrogen and oxygen atoms in total. The summed E-state index contributed by atoms with van der Waals surface area (Å²) in [5.41, 5.74) is 2.09. The topological polar surface area (TPSA) is 41.0 Å². The van der Waals surface area contributed by atoms with Crippen molar-refractivity contribution in [1.29, 1.82) is 0 Å². The molecule has 0 aliphatic heterocycles. The fraction of sp³-hybridized carbons (Fsp3) is 0.0588. The lowest BCUT2D eigenvalue weighted by atomic mass is 10.3. The van der Waals surface area contributed by atoms with Gasteiger partial charge in [-0.1, -0.05) is 36.4 Å². The molecule has 0 saturated carbocycles. The van der Waals surface area contributed by atoms with Gasteiger partial charge in [0, 0.05) is 24.5 Å². The molecule has 21 heavy (non-hydrogen) atoms. The number of aromatic nitrogens is 2. The quantitative estimate of drug-likeness (QED) is 0.782. The molecule has 0 spiro atoms. The van der Waals surface area contributed by atoms with Gasteiger partial charge in [0.25, 0.3) is 0 Å². The summed E-state index contributed by atoms with van der Waals surface area (Å²) in [5.74, 6) is 1.61. The number of anilines is 4. The fourth-order valence-corrected chi connectivity index (χ4v) is 2.05. The monoisotopic (exact) mass is 276 g/mol. The molecule has 1 N–H and O–H groups in total. The Labute approximate surface area is 124 Å². The summed E-state index contributed by atoms with van der Waals surface area (Å²) in [6, 6.07) is 22.0. The van der Waals surface area contributed by atoms with Crippen molar-refractivity contribution < 1.29 is 0 Å². The standard InChI is InChI=1S/C17H16N4/c1-21(15-10-6-3-7-11-15)17-12-16(18-13-19-17)20-14-8-4-2-5-9-14/h2-13H,1H3,(H,18,19,20). The molecule has 4 heteroatoms. The van der Waals surface area contributed by atoms with Crippen LogP contribution in [0.4, 0.5) is 23.0 Å². The Morgan fingerprint density at radius 2 is 1.52 bits per heavy atom. The highest BCUT2D eigenvalue weighted by molar-refractivity contribution is 5.64. The van der Waals surface area contributed by atoms with E-state index in [9.17, 15) is 0 Å². The van der Waals surface area contributed by atoms with Gasteiger partial charge in [0.05, 0.1) is 0 Å². The van der Waals surface area contributed by atoms with E-state index in [1.54, 1.807) is 6.33 Å². The summed E-state index contributed by atoms with van der Waals surface area (Å²) in [4.78, 5) is 10.6. The van der Waals surface area contributed by atoms with Gasteiger partial charge in [-0.3, -0.25) is 0 Å². The highest BCUT2D eigenvalue weighted by atomic mass is 15.2. The summed E-state index contributed by atoms with van der Waals surface area (Å²) in [5, 5.41) is 3.27. The molecule has 2 aromatic carbocycles. The normalized spacial score (nSPS) is 10.1. The molecular weight excluding hydrogens is 260 g/mol. The molecule has 3 aromatic rings. The molecule has 0 radical (unpaired) electrons. The van der Waals surface area contributed by atoms with Crippen LogP contribution in [0.5, 0.6) is 0 Å². The summed E-state index contributed by atoms with van der Waals surface area (Å²) in [7, 11) is 1.99. The number of hydrogen-bond donors (Lipinski definition) is 1. The van der Waals surface area contributed by atoms with Crippen LogP contribution in [0.15, 0.2) is 73.1 Å². The van der Waals surface area contributed by atoms with Crippen molar-refractivity contribution in [2.24, 2.45) is 0 Å². The van der Waals surface area contributed by atoms with Crippen molar-refractivity contribution in [1.82, 2.24) is 9.97 Å². The minimum absolute atomic E-state index is 0.772. The molecule has 3 rings (SSSR count). The first-order valence-electron chi connectivity index (χ1n) is 6.76. The number of rotatable bonds is 4. The lowest BCUT2D eigenvalue weighted by Gasteiger charge is -2.18. The van der Waals surface area contributed by atoms with Crippen LogP contribution < -0.4 is 10.2 Å². The summed E-state index contributed by atoms with van der Waals surface area (Å²) >= 11 is 0. The first-order chi connectivity index (χ1) is 10.3. The summed E-state index contributed by atoms with van der Waals surface area (Å²) < 4.78 is 0. The number of para-hydroxylation sites is 2. The van der Waals surface area contributed by atoms with Gasteiger partial charge in [0.2, 0.25) is 0 Å². The van der Waals surface area contributed by atoms with E-state index in [1.165, 1.54) is 0 Å². The van der Waals surface area contributed by atoms with Gasteiger partial charge >= 0.3 is 0 Å². The van der Waals surface area contributed by atoms with Gasteiger partial charge in [-0.15, -0.1) is 0 Å². The second-order valence-corrected chi connectivity index (χ2v) is 4.65. The molecule has 0 aliphatic carbocycles. The highest BCUT2D eigenvalue weighted by Gasteiger charge is 2.06. The van der Waals surface area contributed by atoms with E-state index < -0.39 is 0 Å². The fourth-order valence-electron chi connectivity index (χ4n) is 2.05. The van der Waals surface area contributed by atoms with Gasteiger partial charge in [0.1, 0.15) is 18.0 Å². The zero-order chi connectivity index (χ0) is 14.5. The molecule has 1 aromatic heterocycles. The minimum atomic E-state index is 0.772. The van der Waals surface area contributed by atoms with Gasteiger partial charge < -0.3 is 10.2 Å². The van der Waals surface area contributed by atoms with Crippen LogP contribution >= 0.6 is 0 Å². The molecule has 0 amide bonds. The predicted octanol–water partition coefficient (Wildman–Crippen LogP) is 3.99. The average Bonchev–Trinajstić information content (AvgIpc) is 2.56. The zero-order valence-electron chi connectivity index (χ0n) is 11.8. The van der Waals surface area contributed by atoms with Crippen LogP contribution in [0.3, 0.4) is 0 Å². The SMILES string of the molecule is CN(c1ccccc1)c1cc(Nc2ccccc2)ncn1. The Morgan fingerprint density at radius 1 is 0.857 bits per heavy atom. The van der Waals surface area contributed by atoms with Gasteiger partial charge in [-0.2, -0.15) is 0 Å². The number of nitrogens with one attached hydrogen (secondary N) is 1. The van der Waals surface area contributed by atoms with Crippen LogP contribution in [0, 0.1) is 0 Å². The molecule has 104 valence electrons. The van der Waals surface area contributed by atoms with Crippen LogP contribution in [-0.2, 0) is 0 Å². The number of benzene rings is 2. The lowest BCUT2D eigenvalue weighted by molar-refractivity contribution is 1.08. The average molecular weight is 276 g/mol. The van der Waals surface area contributed by atoms with Gasteiger partial charge in [-0.25, -0.2) is 9.97 Å². The zero-order valence-corrected chi connectivity index (χ0v) is 11.8. The third kappa shape index (κ3) is 3.17. The Kier molecular flexibility index (Phi) is 3.78. The maximum atomic E-state index is 4.33. The van der Waals surface area contributed by atoms with E-state index in [1.807, 2.05) is 78.7 Å². The second kappa shape index (κ2) is 6.05. The largest absolute Gasteiger partial charge is 0.340 e. The van der Waals surface area contributed by atoms with Crippen LogP contribution in [0.2, 0.25) is 0 Å². The smallest absolute Gasteiger partial charge is 0.138 e. The van der Waals surface area contributed by atoms with E-state index in [0.29, 0.717) is 0 Å². The first-order valence-corrected chi connectivity index (χ1v) is 6.76. The third-order valence-electron chi connectivity index (χ3n) is 3.19. The molecule has 0 atom stereocenters. The Hall–Kier alpha value is -2.88. The van der Waals surface area contributed by atoms with E-state index in [4.69, 9.17) is 0 Å². The first kappa shape index (κ1) is 13.1. The van der Waals surface area contributed by atoms with E-state index in [-0.39, 0.29) is 0 Å². The van der Waals surface area contributed by atoms with Crippen LogP contribution in [-0.4, -0.2) is 17.0 Å². The predicted molar refractivity (Wildman–Crippen MR) is 86.3 cm³/mol.